The van der Waals surface area contributed by atoms with Crippen LogP contribution in [-0.2, 0) is 24.3 Å². The van der Waals surface area contributed by atoms with Crippen molar-refractivity contribution < 1.29 is 22.7 Å². The summed E-state index contributed by atoms with van der Waals surface area (Å²) in [5.41, 5.74) is 1.57. The smallest absolute Gasteiger partial charge is 0.307 e. The zero-order chi connectivity index (χ0) is 21.3. The van der Waals surface area contributed by atoms with Gasteiger partial charge in [-0.25, -0.2) is 12.7 Å². The number of sulfonamides is 1. The SMILES string of the molecule is CCOC(=O)CCN1C(=O)[C@H]2[C@H](C(c3ccccc3)=NN2c2ccccc2)S1(=O)=O. The fraction of sp³-hybridized carbons (Fsp3) is 0.286. The number of hydrogen-bond donors (Lipinski definition) is 0. The van der Waals surface area contributed by atoms with Crippen molar-refractivity contribution in [1.29, 1.82) is 0 Å². The third kappa shape index (κ3) is 3.35. The number of hydrogen-bond acceptors (Lipinski definition) is 7. The van der Waals surface area contributed by atoms with E-state index in [1.54, 1.807) is 55.5 Å². The van der Waals surface area contributed by atoms with Crippen LogP contribution in [0.2, 0.25) is 0 Å². The number of hydrazone groups is 1. The molecule has 0 aliphatic carbocycles. The fourth-order valence-corrected chi connectivity index (χ4v) is 5.76. The number of esters is 1. The molecule has 2 heterocycles. The first-order valence-electron chi connectivity index (χ1n) is 9.64. The van der Waals surface area contributed by atoms with E-state index in [4.69, 9.17) is 4.74 Å². The maximum absolute atomic E-state index is 13.4. The molecule has 0 radical (unpaired) electrons. The van der Waals surface area contributed by atoms with Gasteiger partial charge in [-0.3, -0.25) is 14.6 Å². The number of amides is 1. The molecule has 0 bridgehead atoms. The number of rotatable bonds is 6. The summed E-state index contributed by atoms with van der Waals surface area (Å²) < 4.78 is 32.4. The van der Waals surface area contributed by atoms with Crippen molar-refractivity contribution in [3.63, 3.8) is 0 Å². The first kappa shape index (κ1) is 20.1. The van der Waals surface area contributed by atoms with Crippen LogP contribution in [0.1, 0.15) is 18.9 Å². The fourth-order valence-electron chi connectivity index (χ4n) is 3.75. The molecule has 9 heteroatoms. The molecule has 4 rings (SSSR count). The Morgan fingerprint density at radius 2 is 1.70 bits per heavy atom. The molecule has 1 fully saturated rings. The van der Waals surface area contributed by atoms with Gasteiger partial charge in [-0.05, 0) is 24.6 Å². The monoisotopic (exact) mass is 427 g/mol. The Kier molecular flexibility index (Phi) is 5.29. The highest BCUT2D eigenvalue weighted by Gasteiger charge is 2.60. The first-order valence-corrected chi connectivity index (χ1v) is 11.1. The molecule has 2 aromatic carbocycles. The van der Waals surface area contributed by atoms with E-state index in [9.17, 15) is 18.0 Å². The van der Waals surface area contributed by atoms with Crippen molar-refractivity contribution >= 4 is 33.3 Å². The lowest BCUT2D eigenvalue weighted by Gasteiger charge is -2.21. The second-order valence-corrected chi connectivity index (χ2v) is 8.89. The van der Waals surface area contributed by atoms with E-state index in [1.807, 2.05) is 12.1 Å². The lowest BCUT2D eigenvalue weighted by atomic mass is 10.0. The molecule has 2 aromatic rings. The molecule has 8 nitrogen and oxygen atoms in total. The van der Waals surface area contributed by atoms with E-state index in [0.717, 1.165) is 4.31 Å². The molecule has 0 saturated carbocycles. The highest BCUT2D eigenvalue weighted by molar-refractivity contribution is 7.91. The van der Waals surface area contributed by atoms with Crippen molar-refractivity contribution in [2.75, 3.05) is 18.2 Å². The third-order valence-corrected chi connectivity index (χ3v) is 7.18. The molecular weight excluding hydrogens is 406 g/mol. The standard InChI is InChI=1S/C21H21N3O5S/c1-2-29-17(25)13-14-23-21(26)19-20(30(23,27)28)18(15-9-5-3-6-10-15)22-24(19)16-11-7-4-8-12-16/h3-12,19-20H,2,13-14H2,1H3/t19-,20+/m1/s1. The molecule has 2 atom stereocenters. The van der Waals surface area contributed by atoms with Gasteiger partial charge < -0.3 is 4.74 Å². The number of carbonyl (C=O) groups is 2. The Morgan fingerprint density at radius 3 is 2.33 bits per heavy atom. The predicted octanol–water partition coefficient (Wildman–Crippen LogP) is 1.77. The lowest BCUT2D eigenvalue weighted by molar-refractivity contribution is -0.143. The quantitative estimate of drug-likeness (QED) is 0.652. The van der Waals surface area contributed by atoms with Gasteiger partial charge in [0.15, 0.2) is 11.3 Å². The van der Waals surface area contributed by atoms with Crippen LogP contribution in [0.4, 0.5) is 5.69 Å². The van der Waals surface area contributed by atoms with E-state index in [-0.39, 0.29) is 19.6 Å². The average Bonchev–Trinajstić information content (AvgIpc) is 3.24. The minimum atomic E-state index is -4.06. The molecule has 2 aliphatic heterocycles. The predicted molar refractivity (Wildman–Crippen MR) is 111 cm³/mol. The molecule has 0 spiro atoms. The molecular formula is C21H21N3O5S. The normalized spacial score (nSPS) is 22.0. The summed E-state index contributed by atoms with van der Waals surface area (Å²) in [5, 5.41) is 4.88. The van der Waals surface area contributed by atoms with Crippen LogP contribution in [-0.4, -0.2) is 54.8 Å². The van der Waals surface area contributed by atoms with Crippen molar-refractivity contribution in [2.24, 2.45) is 5.10 Å². The molecule has 30 heavy (non-hydrogen) atoms. The number of para-hydroxylation sites is 1. The Balaban J connectivity index is 1.75. The van der Waals surface area contributed by atoms with Gasteiger partial charge in [-0.2, -0.15) is 5.10 Å². The Morgan fingerprint density at radius 1 is 1.07 bits per heavy atom. The number of ether oxygens (including phenoxy) is 1. The molecule has 2 aliphatic rings. The Bertz CT molecular complexity index is 1090. The van der Waals surface area contributed by atoms with Crippen molar-refractivity contribution in [1.82, 2.24) is 4.31 Å². The Labute approximate surface area is 174 Å². The second kappa shape index (κ2) is 7.91. The average molecular weight is 427 g/mol. The van der Waals surface area contributed by atoms with E-state index < -0.39 is 33.2 Å². The van der Waals surface area contributed by atoms with Gasteiger partial charge in [0.1, 0.15) is 0 Å². The minimum Gasteiger partial charge on any atom is -0.466 e. The van der Waals surface area contributed by atoms with Gasteiger partial charge in [0.25, 0.3) is 5.91 Å². The maximum atomic E-state index is 13.4. The number of anilines is 1. The molecule has 0 N–H and O–H groups in total. The second-order valence-electron chi connectivity index (χ2n) is 6.91. The summed E-state index contributed by atoms with van der Waals surface area (Å²) in [6.07, 6.45) is -0.193. The number of nitrogens with zero attached hydrogens (tertiary/aromatic N) is 3. The minimum absolute atomic E-state index is 0.192. The van der Waals surface area contributed by atoms with Crippen LogP contribution in [0.5, 0.6) is 0 Å². The molecule has 0 aromatic heterocycles. The molecule has 0 unspecified atom stereocenters. The van der Waals surface area contributed by atoms with E-state index >= 15 is 0 Å². The summed E-state index contributed by atoms with van der Waals surface area (Å²) in [5.74, 6) is -1.14. The van der Waals surface area contributed by atoms with Gasteiger partial charge in [0, 0.05) is 6.54 Å². The van der Waals surface area contributed by atoms with Gasteiger partial charge in [-0.15, -0.1) is 0 Å². The molecule has 1 amide bonds. The Hall–Kier alpha value is -3.20. The van der Waals surface area contributed by atoms with Crippen LogP contribution in [0, 0.1) is 0 Å². The topological polar surface area (TPSA) is 96.3 Å². The first-order chi connectivity index (χ1) is 14.4. The van der Waals surface area contributed by atoms with Gasteiger partial charge in [-0.1, -0.05) is 48.5 Å². The molecule has 1 saturated heterocycles. The lowest BCUT2D eigenvalue weighted by Crippen LogP contribution is -2.40. The van der Waals surface area contributed by atoms with Crippen LogP contribution in [0.25, 0.3) is 0 Å². The summed E-state index contributed by atoms with van der Waals surface area (Å²) in [4.78, 5) is 25.0. The number of carbonyl (C=O) groups excluding carboxylic acids is 2. The van der Waals surface area contributed by atoms with Crippen molar-refractivity contribution in [2.45, 2.75) is 24.6 Å². The van der Waals surface area contributed by atoms with Crippen LogP contribution in [0.3, 0.4) is 0 Å². The summed E-state index contributed by atoms with van der Waals surface area (Å²) in [7, 11) is -4.06. The summed E-state index contributed by atoms with van der Waals surface area (Å²) >= 11 is 0. The largest absolute Gasteiger partial charge is 0.466 e. The van der Waals surface area contributed by atoms with E-state index in [2.05, 4.69) is 5.10 Å². The number of fused-ring (bicyclic) bond motifs is 1. The van der Waals surface area contributed by atoms with Crippen LogP contribution in [0.15, 0.2) is 65.8 Å². The highest BCUT2D eigenvalue weighted by Crippen LogP contribution is 2.38. The van der Waals surface area contributed by atoms with Crippen LogP contribution < -0.4 is 5.01 Å². The molecule has 156 valence electrons. The third-order valence-electron chi connectivity index (χ3n) is 5.08. The van der Waals surface area contributed by atoms with Crippen molar-refractivity contribution in [3.05, 3.63) is 66.2 Å². The van der Waals surface area contributed by atoms with Gasteiger partial charge in [0.2, 0.25) is 10.0 Å². The van der Waals surface area contributed by atoms with Crippen molar-refractivity contribution in [3.8, 4) is 0 Å². The zero-order valence-electron chi connectivity index (χ0n) is 16.3. The van der Waals surface area contributed by atoms with E-state index in [1.165, 1.54) is 5.01 Å². The van der Waals surface area contributed by atoms with Crippen LogP contribution >= 0.6 is 0 Å². The highest BCUT2D eigenvalue weighted by atomic mass is 32.2. The summed E-state index contributed by atoms with van der Waals surface area (Å²) in [6.45, 7) is 1.61. The van der Waals surface area contributed by atoms with E-state index in [0.29, 0.717) is 17.0 Å². The number of benzene rings is 2. The van der Waals surface area contributed by atoms with Gasteiger partial charge >= 0.3 is 5.97 Å². The van der Waals surface area contributed by atoms with Gasteiger partial charge in [0.05, 0.1) is 24.4 Å². The zero-order valence-corrected chi connectivity index (χ0v) is 17.2. The summed E-state index contributed by atoms with van der Waals surface area (Å²) in [6, 6.07) is 16.9. The maximum Gasteiger partial charge on any atom is 0.307 e.